The van der Waals surface area contributed by atoms with Crippen molar-refractivity contribution in [1.29, 1.82) is 0 Å². The lowest BCUT2D eigenvalue weighted by atomic mass is 10.1. The predicted molar refractivity (Wildman–Crippen MR) is 130 cm³/mol. The van der Waals surface area contributed by atoms with Gasteiger partial charge in [-0.05, 0) is 44.2 Å². The van der Waals surface area contributed by atoms with Crippen LogP contribution < -0.4 is 10.2 Å². The first-order valence-electron chi connectivity index (χ1n) is 10.8. The van der Waals surface area contributed by atoms with Crippen LogP contribution in [0.25, 0.3) is 22.3 Å². The van der Waals surface area contributed by atoms with Crippen molar-refractivity contribution in [2.24, 2.45) is 0 Å². The van der Waals surface area contributed by atoms with E-state index in [1.54, 1.807) is 36.4 Å². The summed E-state index contributed by atoms with van der Waals surface area (Å²) in [4.78, 5) is 53.0. The highest BCUT2D eigenvalue weighted by Gasteiger charge is 2.41. The maximum absolute atomic E-state index is 13.4. The molecule has 0 radical (unpaired) electrons. The topological polar surface area (TPSA) is 93.9 Å². The summed E-state index contributed by atoms with van der Waals surface area (Å²) in [5.74, 6) is -2.47. The zero-order valence-corrected chi connectivity index (χ0v) is 19.5. The number of hydrogen-bond acceptors (Lipinski definition) is 6. The van der Waals surface area contributed by atoms with E-state index in [4.69, 9.17) is 20.8 Å². The van der Waals surface area contributed by atoms with Crippen molar-refractivity contribution in [2.45, 2.75) is 19.9 Å². The van der Waals surface area contributed by atoms with E-state index in [0.717, 1.165) is 10.5 Å². The molecule has 0 aliphatic carbocycles. The molecule has 0 saturated heterocycles. The second kappa shape index (κ2) is 8.52. The minimum Gasteiger partial charge on any atom is -0.452 e. The molecule has 4 aromatic rings. The molecule has 0 bridgehead atoms. The summed E-state index contributed by atoms with van der Waals surface area (Å²) in [5, 5.41) is 0.439. The number of ether oxygens (including phenoxy) is 1. The summed E-state index contributed by atoms with van der Waals surface area (Å²) < 4.78 is 11.5. The second-order valence-electron chi connectivity index (χ2n) is 8.22. The standard InChI is InChI=1S/C27H18ClNO6/c1-14-7-9-16(10-8-14)23-24(22(30)20-13-17(28)11-12-21(20)34-23)35-27(33)15(2)29-25(31)18-5-3-4-6-19(18)26(29)32/h3-13,15H,1-2H3/t15-/m1/s1. The number of fused-ring (bicyclic) bond motifs is 2. The number of aryl methyl sites for hydroxylation is 1. The van der Waals surface area contributed by atoms with Crippen LogP contribution in [-0.4, -0.2) is 28.7 Å². The summed E-state index contributed by atoms with van der Waals surface area (Å²) in [5.41, 5.74) is 1.58. The molecule has 0 spiro atoms. The van der Waals surface area contributed by atoms with Crippen molar-refractivity contribution in [2.75, 3.05) is 0 Å². The molecule has 0 N–H and O–H groups in total. The summed E-state index contributed by atoms with van der Waals surface area (Å²) in [7, 11) is 0. The maximum atomic E-state index is 13.4. The lowest BCUT2D eigenvalue weighted by Crippen LogP contribution is -2.45. The molecule has 174 valence electrons. The van der Waals surface area contributed by atoms with Gasteiger partial charge >= 0.3 is 5.97 Å². The number of carbonyl (C=O) groups is 3. The monoisotopic (exact) mass is 487 g/mol. The highest BCUT2D eigenvalue weighted by Crippen LogP contribution is 2.33. The van der Waals surface area contributed by atoms with Crippen molar-refractivity contribution in [3.8, 4) is 17.1 Å². The molecule has 0 fully saturated rings. The fraction of sp³-hybridized carbons (Fsp3) is 0.111. The summed E-state index contributed by atoms with van der Waals surface area (Å²) >= 11 is 6.07. The van der Waals surface area contributed by atoms with Crippen LogP contribution in [-0.2, 0) is 4.79 Å². The quantitative estimate of drug-likeness (QED) is 0.296. The van der Waals surface area contributed by atoms with Gasteiger partial charge in [-0.1, -0.05) is 53.6 Å². The van der Waals surface area contributed by atoms with Crippen LogP contribution in [0.3, 0.4) is 0 Å². The number of imide groups is 1. The molecule has 1 atom stereocenters. The first-order chi connectivity index (χ1) is 16.8. The third-order valence-electron chi connectivity index (χ3n) is 5.88. The zero-order chi connectivity index (χ0) is 24.9. The van der Waals surface area contributed by atoms with Crippen molar-refractivity contribution < 1.29 is 23.5 Å². The van der Waals surface area contributed by atoms with Gasteiger partial charge in [0.05, 0.1) is 16.5 Å². The van der Waals surface area contributed by atoms with Crippen molar-refractivity contribution in [3.05, 3.63) is 98.7 Å². The average molecular weight is 488 g/mol. The summed E-state index contributed by atoms with van der Waals surface area (Å²) in [6.07, 6.45) is 0. The van der Waals surface area contributed by atoms with Gasteiger partial charge in [-0.25, -0.2) is 4.79 Å². The van der Waals surface area contributed by atoms with Crippen LogP contribution >= 0.6 is 11.6 Å². The Morgan fingerprint density at radius 2 is 1.57 bits per heavy atom. The SMILES string of the molecule is Cc1ccc(-c2oc3ccc(Cl)cc3c(=O)c2OC(=O)[C@@H](C)N2C(=O)c3ccccc3C2=O)cc1. The number of esters is 1. The van der Waals surface area contributed by atoms with Crippen LogP contribution in [0.4, 0.5) is 0 Å². The molecule has 1 aromatic heterocycles. The zero-order valence-electron chi connectivity index (χ0n) is 18.7. The molecule has 8 heteroatoms. The Hall–Kier alpha value is -4.23. The molecule has 3 aromatic carbocycles. The first-order valence-corrected chi connectivity index (χ1v) is 11.2. The molecule has 2 heterocycles. The Balaban J connectivity index is 1.57. The van der Waals surface area contributed by atoms with Crippen LogP contribution in [0, 0.1) is 6.92 Å². The minimum atomic E-state index is -1.29. The number of benzene rings is 3. The molecular formula is C27H18ClNO6. The van der Waals surface area contributed by atoms with Crippen LogP contribution in [0.1, 0.15) is 33.2 Å². The van der Waals surface area contributed by atoms with Gasteiger partial charge in [-0.3, -0.25) is 19.3 Å². The van der Waals surface area contributed by atoms with Crippen molar-refractivity contribution >= 4 is 40.4 Å². The summed E-state index contributed by atoms with van der Waals surface area (Å²) in [6.45, 7) is 3.28. The fourth-order valence-corrected chi connectivity index (χ4v) is 4.16. The number of amides is 2. The number of halogens is 1. The van der Waals surface area contributed by atoms with Crippen molar-refractivity contribution in [1.82, 2.24) is 4.90 Å². The number of rotatable bonds is 4. The highest BCUT2D eigenvalue weighted by atomic mass is 35.5. The molecule has 7 nitrogen and oxygen atoms in total. The van der Waals surface area contributed by atoms with E-state index < -0.39 is 29.3 Å². The van der Waals surface area contributed by atoms with Gasteiger partial charge in [-0.15, -0.1) is 0 Å². The number of hydrogen-bond donors (Lipinski definition) is 0. The van der Waals surface area contributed by atoms with Gasteiger partial charge in [0.2, 0.25) is 11.2 Å². The molecular weight excluding hydrogens is 470 g/mol. The molecule has 35 heavy (non-hydrogen) atoms. The Morgan fingerprint density at radius 3 is 2.20 bits per heavy atom. The molecule has 2 amide bonds. The Bertz CT molecular complexity index is 1550. The number of nitrogens with zero attached hydrogens (tertiary/aromatic N) is 1. The van der Waals surface area contributed by atoms with Gasteiger partial charge in [0.1, 0.15) is 11.6 Å². The first kappa shape index (κ1) is 22.6. The normalized spacial score (nSPS) is 13.7. The van der Waals surface area contributed by atoms with E-state index in [0.29, 0.717) is 10.6 Å². The summed E-state index contributed by atoms with van der Waals surface area (Å²) in [6, 6.07) is 16.7. The van der Waals surface area contributed by atoms with Gasteiger partial charge in [0, 0.05) is 10.6 Å². The smallest absolute Gasteiger partial charge is 0.334 e. The molecule has 0 saturated carbocycles. The molecule has 1 aliphatic rings. The Morgan fingerprint density at radius 1 is 0.943 bits per heavy atom. The maximum Gasteiger partial charge on any atom is 0.334 e. The largest absolute Gasteiger partial charge is 0.452 e. The Kier molecular flexibility index (Phi) is 5.49. The van der Waals surface area contributed by atoms with Crippen LogP contribution in [0.5, 0.6) is 5.75 Å². The van der Waals surface area contributed by atoms with E-state index in [9.17, 15) is 19.2 Å². The molecule has 5 rings (SSSR count). The molecule has 1 aliphatic heterocycles. The van der Waals surface area contributed by atoms with E-state index in [1.807, 2.05) is 19.1 Å². The van der Waals surface area contributed by atoms with Gasteiger partial charge in [0.15, 0.2) is 5.76 Å². The van der Waals surface area contributed by atoms with E-state index >= 15 is 0 Å². The third-order valence-corrected chi connectivity index (χ3v) is 6.12. The third kappa shape index (κ3) is 3.80. The van der Waals surface area contributed by atoms with E-state index in [-0.39, 0.29) is 33.6 Å². The Labute approximate surface area is 204 Å². The van der Waals surface area contributed by atoms with E-state index in [1.165, 1.54) is 25.1 Å². The van der Waals surface area contributed by atoms with Crippen molar-refractivity contribution in [3.63, 3.8) is 0 Å². The van der Waals surface area contributed by atoms with Crippen LogP contribution in [0.15, 0.2) is 75.9 Å². The fourth-order valence-electron chi connectivity index (χ4n) is 3.99. The van der Waals surface area contributed by atoms with Crippen LogP contribution in [0.2, 0.25) is 5.02 Å². The highest BCUT2D eigenvalue weighted by molar-refractivity contribution is 6.31. The van der Waals surface area contributed by atoms with Gasteiger partial charge < -0.3 is 9.15 Å². The number of carbonyl (C=O) groups excluding carboxylic acids is 3. The lowest BCUT2D eigenvalue weighted by Gasteiger charge is -2.21. The second-order valence-corrected chi connectivity index (χ2v) is 8.66. The average Bonchev–Trinajstić information content (AvgIpc) is 3.11. The predicted octanol–water partition coefficient (Wildman–Crippen LogP) is 5.01. The minimum absolute atomic E-state index is 0.0488. The molecule has 0 unspecified atom stereocenters. The lowest BCUT2D eigenvalue weighted by molar-refractivity contribution is -0.138. The van der Waals surface area contributed by atoms with Gasteiger partial charge in [-0.2, -0.15) is 0 Å². The van der Waals surface area contributed by atoms with E-state index in [2.05, 4.69) is 0 Å². The van der Waals surface area contributed by atoms with Gasteiger partial charge in [0.25, 0.3) is 11.8 Å².